The van der Waals surface area contributed by atoms with Crippen LogP contribution in [-0.2, 0) is 14.4 Å². The third kappa shape index (κ3) is 2.44. The molecule has 0 aromatic heterocycles. The zero-order valence-corrected chi connectivity index (χ0v) is 10.3. The third-order valence-corrected chi connectivity index (χ3v) is 2.56. The number of hydrogen-bond acceptors (Lipinski definition) is 4. The number of rotatable bonds is 3. The molecule has 0 fully saturated rings. The zero-order chi connectivity index (χ0) is 14.0. The van der Waals surface area contributed by atoms with Crippen LogP contribution in [0.4, 0.5) is 5.69 Å². The highest BCUT2D eigenvalue weighted by atomic mass is 16.5. The number of esters is 1. The quantitative estimate of drug-likeness (QED) is 0.357. The molecule has 1 aromatic carbocycles. The number of amides is 2. The van der Waals surface area contributed by atoms with Crippen molar-refractivity contribution in [1.82, 2.24) is 0 Å². The van der Waals surface area contributed by atoms with Crippen LogP contribution >= 0.6 is 0 Å². The fourth-order valence-corrected chi connectivity index (χ4v) is 1.68. The molecular formula is C14H11NO4. The van der Waals surface area contributed by atoms with Gasteiger partial charge in [-0.3, -0.25) is 9.59 Å². The van der Waals surface area contributed by atoms with E-state index in [0.29, 0.717) is 11.3 Å². The monoisotopic (exact) mass is 257 g/mol. The second-order valence-corrected chi connectivity index (χ2v) is 3.93. The Balaban J connectivity index is 2.29. The summed E-state index contributed by atoms with van der Waals surface area (Å²) >= 11 is 0. The average molecular weight is 257 g/mol. The smallest absolute Gasteiger partial charge is 0.335 e. The van der Waals surface area contributed by atoms with E-state index in [4.69, 9.17) is 4.74 Å². The van der Waals surface area contributed by atoms with Gasteiger partial charge in [0.05, 0.1) is 5.69 Å². The lowest BCUT2D eigenvalue weighted by atomic mass is 10.2. The molecule has 0 unspecified atom stereocenters. The van der Waals surface area contributed by atoms with E-state index < -0.39 is 11.9 Å². The number of carbonyl (C=O) groups excluding carboxylic acids is 3. The molecule has 0 atom stereocenters. The number of imide groups is 1. The summed E-state index contributed by atoms with van der Waals surface area (Å²) in [6.07, 6.45) is 2.30. The van der Waals surface area contributed by atoms with E-state index in [1.807, 2.05) is 0 Å². The first-order chi connectivity index (χ1) is 9.02. The van der Waals surface area contributed by atoms with Gasteiger partial charge in [-0.25, -0.2) is 9.69 Å². The molecule has 5 heteroatoms. The van der Waals surface area contributed by atoms with Crippen molar-refractivity contribution < 1.29 is 19.1 Å². The molecule has 2 rings (SSSR count). The highest BCUT2D eigenvalue weighted by Gasteiger charge is 2.29. The van der Waals surface area contributed by atoms with Crippen LogP contribution in [0.5, 0.6) is 5.75 Å². The van der Waals surface area contributed by atoms with E-state index >= 15 is 0 Å². The van der Waals surface area contributed by atoms with Crippen LogP contribution in [0.1, 0.15) is 6.92 Å². The van der Waals surface area contributed by atoms with Gasteiger partial charge in [0.15, 0.2) is 0 Å². The number of nitrogens with zero attached hydrogens (tertiary/aromatic N) is 1. The normalized spacial score (nSPS) is 14.4. The predicted molar refractivity (Wildman–Crippen MR) is 68.5 cm³/mol. The summed E-state index contributed by atoms with van der Waals surface area (Å²) in [6, 6.07) is 6.18. The Hall–Kier alpha value is -2.69. The molecule has 0 N–H and O–H groups in total. The molecule has 0 saturated carbocycles. The van der Waals surface area contributed by atoms with Crippen molar-refractivity contribution in [2.75, 3.05) is 4.90 Å². The van der Waals surface area contributed by atoms with Gasteiger partial charge in [0.25, 0.3) is 11.8 Å². The first-order valence-electron chi connectivity index (χ1n) is 5.54. The standard InChI is InChI=1S/C14H11NO4/c1-3-13(17)19-11-6-4-5-10(8-11)15-12(16)7-9(2)14(15)18/h3-8H,1H2,2H3. The third-order valence-electron chi connectivity index (χ3n) is 2.56. The van der Waals surface area contributed by atoms with Crippen molar-refractivity contribution in [3.63, 3.8) is 0 Å². The van der Waals surface area contributed by atoms with Crippen molar-refractivity contribution in [3.05, 3.63) is 48.6 Å². The first-order valence-corrected chi connectivity index (χ1v) is 5.54. The lowest BCUT2D eigenvalue weighted by Gasteiger charge is -2.15. The highest BCUT2D eigenvalue weighted by Crippen LogP contribution is 2.26. The zero-order valence-electron chi connectivity index (χ0n) is 10.3. The topological polar surface area (TPSA) is 63.7 Å². The van der Waals surface area contributed by atoms with E-state index in [0.717, 1.165) is 11.0 Å². The molecule has 0 spiro atoms. The SMILES string of the molecule is C=CC(=O)Oc1cccc(N2C(=O)C=C(C)C2=O)c1. The van der Waals surface area contributed by atoms with Gasteiger partial charge >= 0.3 is 5.97 Å². The van der Waals surface area contributed by atoms with Gasteiger partial charge in [-0.05, 0) is 19.1 Å². The van der Waals surface area contributed by atoms with Crippen molar-refractivity contribution in [2.24, 2.45) is 0 Å². The fourth-order valence-electron chi connectivity index (χ4n) is 1.68. The molecule has 0 bridgehead atoms. The van der Waals surface area contributed by atoms with Gasteiger partial charge < -0.3 is 4.74 Å². The molecule has 19 heavy (non-hydrogen) atoms. The van der Waals surface area contributed by atoms with E-state index in [-0.39, 0.29) is 11.7 Å². The summed E-state index contributed by atoms with van der Waals surface area (Å²) in [5.74, 6) is -1.15. The van der Waals surface area contributed by atoms with Crippen molar-refractivity contribution in [2.45, 2.75) is 6.92 Å². The molecule has 96 valence electrons. The molecule has 0 saturated heterocycles. The van der Waals surface area contributed by atoms with Gasteiger partial charge in [0.2, 0.25) is 0 Å². The summed E-state index contributed by atoms with van der Waals surface area (Å²) in [6.45, 7) is 4.86. The molecule has 1 aromatic rings. The Labute approximate surface area is 109 Å². The molecule has 2 amide bonds. The average Bonchev–Trinajstić information content (AvgIpc) is 2.63. The summed E-state index contributed by atoms with van der Waals surface area (Å²) in [4.78, 5) is 35.6. The van der Waals surface area contributed by atoms with Gasteiger partial charge in [-0.1, -0.05) is 12.6 Å². The van der Waals surface area contributed by atoms with Crippen LogP contribution in [0, 0.1) is 0 Å². The van der Waals surface area contributed by atoms with Crippen LogP contribution in [0.2, 0.25) is 0 Å². The van der Waals surface area contributed by atoms with Gasteiger partial charge in [0.1, 0.15) is 5.75 Å². The second kappa shape index (κ2) is 4.89. The molecule has 1 aliphatic heterocycles. The van der Waals surface area contributed by atoms with Crippen LogP contribution in [0.3, 0.4) is 0 Å². The molecule has 5 nitrogen and oxygen atoms in total. The van der Waals surface area contributed by atoms with Gasteiger partial charge in [-0.2, -0.15) is 0 Å². The minimum absolute atomic E-state index is 0.243. The number of hydrogen-bond donors (Lipinski definition) is 0. The Morgan fingerprint density at radius 3 is 2.68 bits per heavy atom. The number of anilines is 1. The van der Waals surface area contributed by atoms with E-state index in [1.165, 1.54) is 12.1 Å². The van der Waals surface area contributed by atoms with Crippen LogP contribution in [0.15, 0.2) is 48.6 Å². The highest BCUT2D eigenvalue weighted by molar-refractivity contribution is 6.30. The minimum atomic E-state index is -0.606. The number of ether oxygens (including phenoxy) is 1. The van der Waals surface area contributed by atoms with Crippen LogP contribution in [-0.4, -0.2) is 17.8 Å². The minimum Gasteiger partial charge on any atom is -0.423 e. The maximum Gasteiger partial charge on any atom is 0.335 e. The van der Waals surface area contributed by atoms with Crippen molar-refractivity contribution in [3.8, 4) is 5.75 Å². The maximum atomic E-state index is 11.8. The number of carbonyl (C=O) groups is 3. The molecular weight excluding hydrogens is 246 g/mol. The predicted octanol–water partition coefficient (Wildman–Crippen LogP) is 1.60. The first kappa shape index (κ1) is 12.8. The summed E-state index contributed by atoms with van der Waals surface area (Å²) in [5.41, 5.74) is 0.732. The number of benzene rings is 1. The molecule has 1 aliphatic rings. The summed E-state index contributed by atoms with van der Waals surface area (Å²) in [5, 5.41) is 0. The van der Waals surface area contributed by atoms with E-state index in [2.05, 4.69) is 6.58 Å². The maximum absolute atomic E-state index is 11.8. The molecule has 0 radical (unpaired) electrons. The summed E-state index contributed by atoms with van der Waals surface area (Å²) < 4.78 is 4.94. The van der Waals surface area contributed by atoms with E-state index in [1.54, 1.807) is 25.1 Å². The Morgan fingerprint density at radius 1 is 1.37 bits per heavy atom. The van der Waals surface area contributed by atoms with Crippen LogP contribution in [0.25, 0.3) is 0 Å². The summed E-state index contributed by atoms with van der Waals surface area (Å²) in [7, 11) is 0. The van der Waals surface area contributed by atoms with Crippen LogP contribution < -0.4 is 9.64 Å². The van der Waals surface area contributed by atoms with E-state index in [9.17, 15) is 14.4 Å². The van der Waals surface area contributed by atoms with Gasteiger partial charge in [0, 0.05) is 23.8 Å². The Kier molecular flexibility index (Phi) is 3.29. The van der Waals surface area contributed by atoms with Gasteiger partial charge in [-0.15, -0.1) is 0 Å². The Morgan fingerprint density at radius 2 is 2.11 bits per heavy atom. The van der Waals surface area contributed by atoms with Crippen molar-refractivity contribution >= 4 is 23.5 Å². The lowest BCUT2D eigenvalue weighted by Crippen LogP contribution is -2.30. The fraction of sp³-hybridized carbons (Fsp3) is 0.0714. The Bertz CT molecular complexity index is 616. The van der Waals surface area contributed by atoms with Crippen molar-refractivity contribution in [1.29, 1.82) is 0 Å². The second-order valence-electron chi connectivity index (χ2n) is 3.93. The lowest BCUT2D eigenvalue weighted by molar-refractivity contribution is -0.129. The molecule has 1 heterocycles. The molecule has 0 aliphatic carbocycles. The largest absolute Gasteiger partial charge is 0.423 e.